The van der Waals surface area contributed by atoms with Gasteiger partial charge in [-0.1, -0.05) is 52.3 Å². The van der Waals surface area contributed by atoms with Gasteiger partial charge < -0.3 is 4.74 Å². The highest BCUT2D eigenvalue weighted by molar-refractivity contribution is 9.10. The van der Waals surface area contributed by atoms with Gasteiger partial charge in [0.2, 0.25) is 18.0 Å². The standard InChI is InChI=1S/C16H13BrN2O2/c1-11(20)19-16(12-6-3-2-4-7-12)21-15(18-19)13-8-5-9-14(17)10-13/h2-10,16H,1H3/t16-/m0/s1. The van der Waals surface area contributed by atoms with Crippen molar-refractivity contribution in [2.24, 2.45) is 5.10 Å². The van der Waals surface area contributed by atoms with Crippen molar-refractivity contribution in [1.29, 1.82) is 0 Å². The number of amides is 1. The summed E-state index contributed by atoms with van der Waals surface area (Å²) in [6.07, 6.45) is -0.516. The van der Waals surface area contributed by atoms with E-state index in [1.165, 1.54) is 11.9 Å². The average molecular weight is 345 g/mol. The van der Waals surface area contributed by atoms with Crippen molar-refractivity contribution in [3.05, 3.63) is 70.2 Å². The molecule has 4 nitrogen and oxygen atoms in total. The van der Waals surface area contributed by atoms with Crippen LogP contribution in [0.2, 0.25) is 0 Å². The molecule has 0 aromatic heterocycles. The molecule has 5 heteroatoms. The lowest BCUT2D eigenvalue weighted by Gasteiger charge is -2.19. The van der Waals surface area contributed by atoms with E-state index in [1.807, 2.05) is 54.6 Å². The lowest BCUT2D eigenvalue weighted by atomic mass is 10.2. The first kappa shape index (κ1) is 13.8. The largest absolute Gasteiger partial charge is 0.446 e. The number of hydrogen-bond donors (Lipinski definition) is 0. The molecule has 0 aliphatic carbocycles. The number of hydrogen-bond acceptors (Lipinski definition) is 3. The number of carbonyl (C=O) groups is 1. The molecule has 0 saturated heterocycles. The van der Waals surface area contributed by atoms with Gasteiger partial charge in [0, 0.05) is 22.5 Å². The van der Waals surface area contributed by atoms with Gasteiger partial charge in [-0.25, -0.2) is 0 Å². The van der Waals surface area contributed by atoms with Crippen LogP contribution >= 0.6 is 15.9 Å². The maximum Gasteiger partial charge on any atom is 0.243 e. The Morgan fingerprint density at radius 2 is 1.95 bits per heavy atom. The van der Waals surface area contributed by atoms with Crippen LogP contribution in [0.5, 0.6) is 0 Å². The monoisotopic (exact) mass is 344 g/mol. The smallest absolute Gasteiger partial charge is 0.243 e. The number of nitrogens with zero attached hydrogens (tertiary/aromatic N) is 2. The maximum absolute atomic E-state index is 11.8. The molecule has 0 spiro atoms. The number of carbonyl (C=O) groups excluding carboxylic acids is 1. The molecule has 1 atom stereocenters. The van der Waals surface area contributed by atoms with Crippen LogP contribution in [0.4, 0.5) is 0 Å². The van der Waals surface area contributed by atoms with Crippen LogP contribution in [0, 0.1) is 0 Å². The Morgan fingerprint density at radius 3 is 2.62 bits per heavy atom. The SMILES string of the molecule is CC(=O)N1N=C(c2cccc(Br)c2)O[C@H]1c1ccccc1. The Bertz CT molecular complexity index is 700. The second kappa shape index (κ2) is 5.69. The van der Waals surface area contributed by atoms with Crippen molar-refractivity contribution < 1.29 is 9.53 Å². The van der Waals surface area contributed by atoms with E-state index in [4.69, 9.17) is 4.74 Å². The summed E-state index contributed by atoms with van der Waals surface area (Å²) in [5, 5.41) is 5.68. The number of halogens is 1. The van der Waals surface area contributed by atoms with E-state index in [9.17, 15) is 4.79 Å². The molecular formula is C16H13BrN2O2. The predicted octanol–water partition coefficient (Wildman–Crippen LogP) is 3.69. The van der Waals surface area contributed by atoms with E-state index in [1.54, 1.807) is 0 Å². The van der Waals surface area contributed by atoms with Crippen LogP contribution in [0.25, 0.3) is 0 Å². The van der Waals surface area contributed by atoms with Crippen LogP contribution in [0.15, 0.2) is 64.2 Å². The normalized spacial score (nSPS) is 17.3. The molecule has 1 amide bonds. The second-order valence-corrected chi connectivity index (χ2v) is 5.58. The average Bonchev–Trinajstić information content (AvgIpc) is 2.93. The Hall–Kier alpha value is -2.14. The second-order valence-electron chi connectivity index (χ2n) is 4.66. The van der Waals surface area contributed by atoms with Crippen molar-refractivity contribution >= 4 is 27.7 Å². The zero-order chi connectivity index (χ0) is 14.8. The topological polar surface area (TPSA) is 41.9 Å². The van der Waals surface area contributed by atoms with E-state index in [0.717, 1.165) is 15.6 Å². The summed E-state index contributed by atoms with van der Waals surface area (Å²) < 4.78 is 6.83. The molecule has 2 aromatic rings. The first-order chi connectivity index (χ1) is 10.1. The van der Waals surface area contributed by atoms with Crippen LogP contribution < -0.4 is 0 Å². The molecule has 0 bridgehead atoms. The summed E-state index contributed by atoms with van der Waals surface area (Å²) >= 11 is 3.42. The van der Waals surface area contributed by atoms with Gasteiger partial charge in [0.1, 0.15) is 0 Å². The van der Waals surface area contributed by atoms with E-state index < -0.39 is 6.23 Å². The van der Waals surface area contributed by atoms with Crippen molar-refractivity contribution in [2.75, 3.05) is 0 Å². The summed E-state index contributed by atoms with van der Waals surface area (Å²) in [4.78, 5) is 11.8. The minimum atomic E-state index is -0.516. The molecule has 0 radical (unpaired) electrons. The lowest BCUT2D eigenvalue weighted by molar-refractivity contribution is -0.135. The fourth-order valence-corrected chi connectivity index (χ4v) is 2.54. The van der Waals surface area contributed by atoms with Crippen molar-refractivity contribution in [3.63, 3.8) is 0 Å². The number of rotatable bonds is 2. The summed E-state index contributed by atoms with van der Waals surface area (Å²) in [5.41, 5.74) is 1.72. The Morgan fingerprint density at radius 1 is 1.19 bits per heavy atom. The quantitative estimate of drug-likeness (QED) is 0.833. The van der Waals surface area contributed by atoms with Gasteiger partial charge in [0.25, 0.3) is 0 Å². The first-order valence-electron chi connectivity index (χ1n) is 6.51. The molecular weight excluding hydrogens is 332 g/mol. The van der Waals surface area contributed by atoms with Gasteiger partial charge in [-0.3, -0.25) is 4.79 Å². The summed E-state index contributed by atoms with van der Waals surface area (Å²) in [6, 6.07) is 17.2. The molecule has 0 fully saturated rings. The molecule has 106 valence electrons. The Labute approximate surface area is 131 Å². The van der Waals surface area contributed by atoms with Crippen molar-refractivity contribution in [2.45, 2.75) is 13.2 Å². The minimum absolute atomic E-state index is 0.158. The molecule has 0 N–H and O–H groups in total. The van der Waals surface area contributed by atoms with Gasteiger partial charge in [-0.05, 0) is 18.2 Å². The Balaban J connectivity index is 1.95. The summed E-state index contributed by atoms with van der Waals surface area (Å²) in [5.74, 6) is 0.286. The summed E-state index contributed by atoms with van der Waals surface area (Å²) in [7, 11) is 0. The van der Waals surface area contributed by atoms with Crippen LogP contribution in [-0.4, -0.2) is 16.8 Å². The molecule has 0 unspecified atom stereocenters. The zero-order valence-corrected chi connectivity index (χ0v) is 12.9. The van der Waals surface area contributed by atoms with Gasteiger partial charge in [0.05, 0.1) is 0 Å². The highest BCUT2D eigenvalue weighted by Gasteiger charge is 2.32. The lowest BCUT2D eigenvalue weighted by Crippen LogP contribution is -2.25. The minimum Gasteiger partial charge on any atom is -0.446 e. The third-order valence-electron chi connectivity index (χ3n) is 3.12. The van der Waals surface area contributed by atoms with Crippen LogP contribution in [0.3, 0.4) is 0 Å². The van der Waals surface area contributed by atoms with E-state index in [-0.39, 0.29) is 5.91 Å². The number of hydrazone groups is 1. The van der Waals surface area contributed by atoms with Gasteiger partial charge in [-0.2, -0.15) is 5.01 Å². The third kappa shape index (κ3) is 2.83. The zero-order valence-electron chi connectivity index (χ0n) is 11.4. The van der Waals surface area contributed by atoms with Gasteiger partial charge in [-0.15, -0.1) is 5.10 Å². The predicted molar refractivity (Wildman–Crippen MR) is 83.5 cm³/mol. The van der Waals surface area contributed by atoms with Crippen LogP contribution in [0.1, 0.15) is 24.3 Å². The van der Waals surface area contributed by atoms with Gasteiger partial charge in [0.15, 0.2) is 0 Å². The van der Waals surface area contributed by atoms with E-state index in [0.29, 0.717) is 5.90 Å². The van der Waals surface area contributed by atoms with Gasteiger partial charge >= 0.3 is 0 Å². The number of ether oxygens (including phenoxy) is 1. The molecule has 21 heavy (non-hydrogen) atoms. The highest BCUT2D eigenvalue weighted by atomic mass is 79.9. The molecule has 0 saturated carbocycles. The van der Waals surface area contributed by atoms with Crippen molar-refractivity contribution in [3.8, 4) is 0 Å². The summed E-state index contributed by atoms with van der Waals surface area (Å²) in [6.45, 7) is 1.48. The molecule has 2 aromatic carbocycles. The molecule has 1 aliphatic rings. The van der Waals surface area contributed by atoms with Crippen molar-refractivity contribution in [1.82, 2.24) is 5.01 Å². The fraction of sp³-hybridized carbons (Fsp3) is 0.125. The fourth-order valence-electron chi connectivity index (χ4n) is 2.14. The first-order valence-corrected chi connectivity index (χ1v) is 7.30. The molecule has 3 rings (SSSR count). The maximum atomic E-state index is 11.8. The molecule has 1 aliphatic heterocycles. The van der Waals surface area contributed by atoms with E-state index in [2.05, 4.69) is 21.0 Å². The van der Waals surface area contributed by atoms with Crippen LogP contribution in [-0.2, 0) is 9.53 Å². The number of benzene rings is 2. The van der Waals surface area contributed by atoms with E-state index >= 15 is 0 Å². The highest BCUT2D eigenvalue weighted by Crippen LogP contribution is 2.30. The Kier molecular flexibility index (Phi) is 3.75. The third-order valence-corrected chi connectivity index (χ3v) is 3.62. The molecule has 1 heterocycles.